The molecule has 2 N–H and O–H groups in total. The first-order valence-corrected chi connectivity index (χ1v) is 13.0. The Morgan fingerprint density at radius 2 is 2.10 bits per heavy atom. The average Bonchev–Trinajstić information content (AvgIpc) is 3.20. The molecule has 3 aromatic rings. The van der Waals surface area contributed by atoms with Crippen molar-refractivity contribution in [2.45, 2.75) is 23.9 Å². The van der Waals surface area contributed by atoms with Gasteiger partial charge in [-0.3, -0.25) is 9.59 Å². The average molecular weight is 485 g/mol. The van der Waals surface area contributed by atoms with Gasteiger partial charge in [0.05, 0.1) is 12.1 Å². The van der Waals surface area contributed by atoms with E-state index in [-0.39, 0.29) is 24.3 Å². The molecule has 3 rings (SSSR count). The molecule has 1 aromatic carbocycles. The number of hydrogen-bond acceptors (Lipinski definition) is 7. The molecule has 1 unspecified atom stereocenters. The molecule has 12 heteroatoms. The smallest absolute Gasteiger partial charge is 0.268 e. The number of H-pyrrole nitrogens is 1. The number of thiophene rings is 1. The van der Waals surface area contributed by atoms with Crippen molar-refractivity contribution in [2.75, 3.05) is 19.1 Å². The lowest BCUT2D eigenvalue weighted by atomic mass is 10.2. The van der Waals surface area contributed by atoms with E-state index in [2.05, 4.69) is 14.7 Å². The predicted molar refractivity (Wildman–Crippen MR) is 120 cm³/mol. The topological polar surface area (TPSA) is 112 Å². The van der Waals surface area contributed by atoms with Gasteiger partial charge in [-0.25, -0.2) is 17.8 Å². The van der Waals surface area contributed by atoms with Crippen molar-refractivity contribution in [1.82, 2.24) is 19.6 Å². The zero-order chi connectivity index (χ0) is 22.6. The third kappa shape index (κ3) is 5.50. The maximum atomic E-state index is 14.0. The minimum atomic E-state index is -4.25. The molecule has 0 fully saturated rings. The lowest BCUT2D eigenvalue weighted by Gasteiger charge is -2.24. The van der Waals surface area contributed by atoms with Crippen LogP contribution in [0.3, 0.4) is 0 Å². The number of carbonyl (C=O) groups is 1. The number of rotatable bonds is 9. The number of fused-ring (bicyclic) bond motifs is 1. The lowest BCUT2D eigenvalue weighted by Crippen LogP contribution is -2.47. The highest BCUT2D eigenvalue weighted by Crippen LogP contribution is 2.17. The second-order valence-electron chi connectivity index (χ2n) is 6.73. The molecular weight excluding hydrogens is 463 g/mol. The Balaban J connectivity index is 1.81. The normalized spacial score (nSPS) is 12.7. The number of nitrogens with zero attached hydrogens (tertiary/aromatic N) is 2. The number of aromatic nitrogens is 2. The molecule has 2 heterocycles. The Bertz CT molecular complexity index is 1240. The van der Waals surface area contributed by atoms with E-state index in [9.17, 15) is 22.4 Å². The molecule has 0 radical (unpaired) electrons. The number of likely N-dealkylation sites (N-methyl/N-ethyl adjacent to an activating group) is 1. The fourth-order valence-electron chi connectivity index (χ4n) is 2.95. The van der Waals surface area contributed by atoms with Crippen molar-refractivity contribution in [3.8, 4) is 0 Å². The standard InChI is InChI=1S/C19H21FN4O4S3/c1-24(11-16-21-13-8-10-30-17(13)18(25)22-16)19(26)14(7-9-29-2)23-31(27,28)15-6-4-3-5-12(15)20/h3-6,8,10,14,23H,7,9,11H2,1-2H3,(H,21,22,25). The predicted octanol–water partition coefficient (Wildman–Crippen LogP) is 2.18. The van der Waals surface area contributed by atoms with Crippen LogP contribution in [0.15, 0.2) is 45.4 Å². The molecule has 31 heavy (non-hydrogen) atoms. The van der Waals surface area contributed by atoms with Crippen molar-refractivity contribution in [1.29, 1.82) is 0 Å². The highest BCUT2D eigenvalue weighted by Gasteiger charge is 2.29. The summed E-state index contributed by atoms with van der Waals surface area (Å²) in [6, 6.07) is 5.59. The summed E-state index contributed by atoms with van der Waals surface area (Å²) in [6.07, 6.45) is 2.05. The molecule has 0 saturated carbocycles. The van der Waals surface area contributed by atoms with Gasteiger partial charge in [-0.05, 0) is 42.0 Å². The van der Waals surface area contributed by atoms with E-state index in [0.717, 1.165) is 12.1 Å². The number of carbonyl (C=O) groups excluding carboxylic acids is 1. The third-order valence-corrected chi connectivity index (χ3v) is 7.51. The van der Waals surface area contributed by atoms with Gasteiger partial charge in [0.25, 0.3) is 5.56 Å². The van der Waals surface area contributed by atoms with Crippen LogP contribution in [0.5, 0.6) is 0 Å². The van der Waals surface area contributed by atoms with E-state index in [4.69, 9.17) is 0 Å². The van der Waals surface area contributed by atoms with Gasteiger partial charge >= 0.3 is 0 Å². The molecule has 166 valence electrons. The van der Waals surface area contributed by atoms with Crippen LogP contribution in [-0.4, -0.2) is 54.3 Å². The van der Waals surface area contributed by atoms with Crippen molar-refractivity contribution >= 4 is 49.2 Å². The second kappa shape index (κ2) is 9.90. The zero-order valence-corrected chi connectivity index (χ0v) is 19.2. The van der Waals surface area contributed by atoms with Gasteiger partial charge in [0.2, 0.25) is 15.9 Å². The molecule has 0 saturated heterocycles. The van der Waals surface area contributed by atoms with E-state index >= 15 is 0 Å². The fourth-order valence-corrected chi connectivity index (χ4v) is 5.45. The number of amides is 1. The summed E-state index contributed by atoms with van der Waals surface area (Å²) in [5.41, 5.74) is 0.235. The van der Waals surface area contributed by atoms with Crippen LogP contribution in [0.1, 0.15) is 12.2 Å². The van der Waals surface area contributed by atoms with Crippen LogP contribution in [-0.2, 0) is 21.4 Å². The van der Waals surface area contributed by atoms with Crippen molar-refractivity contribution in [2.24, 2.45) is 0 Å². The Morgan fingerprint density at radius 3 is 2.81 bits per heavy atom. The summed E-state index contributed by atoms with van der Waals surface area (Å²) < 4.78 is 42.2. The monoisotopic (exact) mass is 484 g/mol. The van der Waals surface area contributed by atoms with Gasteiger partial charge in [-0.1, -0.05) is 12.1 Å². The summed E-state index contributed by atoms with van der Waals surface area (Å²) in [4.78, 5) is 32.9. The number of nitrogens with one attached hydrogen (secondary N) is 2. The van der Waals surface area contributed by atoms with Crippen LogP contribution in [0.25, 0.3) is 10.2 Å². The first-order chi connectivity index (χ1) is 14.7. The number of sulfonamides is 1. The summed E-state index contributed by atoms with van der Waals surface area (Å²) in [5, 5.41) is 1.75. The van der Waals surface area contributed by atoms with E-state index in [1.54, 1.807) is 11.4 Å². The highest BCUT2D eigenvalue weighted by molar-refractivity contribution is 7.98. The lowest BCUT2D eigenvalue weighted by molar-refractivity contribution is -0.132. The number of aromatic amines is 1. The Labute approximate surface area is 186 Å². The first-order valence-electron chi connectivity index (χ1n) is 9.20. The Hall–Kier alpha value is -2.28. The van der Waals surface area contributed by atoms with Gasteiger partial charge in [0, 0.05) is 7.05 Å². The van der Waals surface area contributed by atoms with Crippen LogP contribution in [0, 0.1) is 5.82 Å². The van der Waals surface area contributed by atoms with Crippen molar-refractivity contribution in [3.05, 3.63) is 57.7 Å². The summed E-state index contributed by atoms with van der Waals surface area (Å²) in [6.45, 7) is -0.0168. The van der Waals surface area contributed by atoms with Crippen molar-refractivity contribution in [3.63, 3.8) is 0 Å². The van der Waals surface area contributed by atoms with Crippen LogP contribution >= 0.6 is 23.1 Å². The minimum absolute atomic E-state index is 0.0168. The van der Waals surface area contributed by atoms with E-state index < -0.39 is 32.7 Å². The van der Waals surface area contributed by atoms with Crippen molar-refractivity contribution < 1.29 is 17.6 Å². The molecule has 8 nitrogen and oxygen atoms in total. The molecule has 0 spiro atoms. The molecule has 1 atom stereocenters. The van der Waals surface area contributed by atoms with Gasteiger partial charge in [0.15, 0.2) is 0 Å². The third-order valence-electron chi connectivity index (χ3n) is 4.46. The van der Waals surface area contributed by atoms with E-state index in [1.165, 1.54) is 47.2 Å². The van der Waals surface area contributed by atoms with E-state index in [1.807, 2.05) is 6.26 Å². The fraction of sp³-hybridized carbons (Fsp3) is 0.316. The van der Waals surface area contributed by atoms with E-state index in [0.29, 0.717) is 16.0 Å². The Morgan fingerprint density at radius 1 is 1.35 bits per heavy atom. The minimum Gasteiger partial charge on any atom is -0.337 e. The number of hydrogen-bond donors (Lipinski definition) is 2. The van der Waals surface area contributed by atoms with Gasteiger partial charge < -0.3 is 9.88 Å². The number of thioether (sulfide) groups is 1. The van der Waals surface area contributed by atoms with Crippen LogP contribution in [0.2, 0.25) is 0 Å². The molecular formula is C19H21FN4O4S3. The molecule has 0 aliphatic carbocycles. The summed E-state index contributed by atoms with van der Waals surface area (Å²) in [5.74, 6) is -0.611. The molecule has 2 aromatic heterocycles. The van der Waals surface area contributed by atoms with Gasteiger partial charge in [-0.2, -0.15) is 16.5 Å². The summed E-state index contributed by atoms with van der Waals surface area (Å²) in [7, 11) is -2.76. The molecule has 1 amide bonds. The Kier molecular flexibility index (Phi) is 7.46. The highest BCUT2D eigenvalue weighted by atomic mass is 32.2. The molecule has 0 aliphatic heterocycles. The van der Waals surface area contributed by atoms with Crippen LogP contribution in [0.4, 0.5) is 4.39 Å². The quantitative estimate of drug-likeness (QED) is 0.482. The number of halogens is 1. The van der Waals surface area contributed by atoms with Crippen LogP contribution < -0.4 is 10.3 Å². The summed E-state index contributed by atoms with van der Waals surface area (Å²) >= 11 is 2.72. The van der Waals surface area contributed by atoms with Gasteiger partial charge in [0.1, 0.15) is 27.3 Å². The second-order valence-corrected chi connectivity index (χ2v) is 10.3. The molecule has 0 bridgehead atoms. The largest absolute Gasteiger partial charge is 0.337 e. The van der Waals surface area contributed by atoms with Gasteiger partial charge in [-0.15, -0.1) is 11.3 Å². The maximum absolute atomic E-state index is 14.0. The first kappa shape index (κ1) is 23.4. The zero-order valence-electron chi connectivity index (χ0n) is 16.8. The number of benzene rings is 1. The maximum Gasteiger partial charge on any atom is 0.268 e. The molecule has 0 aliphatic rings. The SMILES string of the molecule is CSCCC(NS(=O)(=O)c1ccccc1F)C(=O)N(C)Cc1nc2ccsc2c(=O)[nH]1.